The SMILES string of the molecule is CCOCC.CCOCC.O=C(c1c(-c2cccc3ccccc23)cccc1-c1cccc2ccccc12)c1c(-c2cccc3ccccc23)cccc1-c1cccc2ccccc12. The molecule has 0 N–H and O–H groups in total. The van der Waals surface area contributed by atoms with Crippen LogP contribution in [0.25, 0.3) is 87.6 Å². The van der Waals surface area contributed by atoms with E-state index in [9.17, 15) is 0 Å². The number of ether oxygens (including phenoxy) is 2. The zero-order valence-corrected chi connectivity index (χ0v) is 37.2. The predicted molar refractivity (Wildman–Crippen MR) is 272 cm³/mol. The topological polar surface area (TPSA) is 35.5 Å². The Morgan fingerprint density at radius 2 is 0.484 bits per heavy atom. The van der Waals surface area contributed by atoms with E-state index in [0.29, 0.717) is 11.1 Å². The van der Waals surface area contributed by atoms with Crippen LogP contribution >= 0.6 is 0 Å². The highest BCUT2D eigenvalue weighted by Crippen LogP contribution is 2.44. The van der Waals surface area contributed by atoms with Crippen LogP contribution in [0.2, 0.25) is 0 Å². The molecule has 0 aliphatic carbocycles. The molecule has 64 heavy (non-hydrogen) atoms. The molecule has 0 radical (unpaired) electrons. The van der Waals surface area contributed by atoms with E-state index in [2.05, 4.69) is 206 Å². The first-order valence-electron chi connectivity index (χ1n) is 22.5. The lowest BCUT2D eigenvalue weighted by atomic mass is 9.80. The molecule has 10 rings (SSSR count). The van der Waals surface area contributed by atoms with Gasteiger partial charge in [0.1, 0.15) is 0 Å². The summed E-state index contributed by atoms with van der Waals surface area (Å²) >= 11 is 0. The number of carbonyl (C=O) groups excluding carboxylic acids is 1. The van der Waals surface area contributed by atoms with E-state index < -0.39 is 0 Å². The third-order valence-electron chi connectivity index (χ3n) is 11.7. The highest BCUT2D eigenvalue weighted by atomic mass is 16.5. The molecule has 0 aliphatic rings. The van der Waals surface area contributed by atoms with Gasteiger partial charge < -0.3 is 9.47 Å². The second-order valence-electron chi connectivity index (χ2n) is 15.5. The van der Waals surface area contributed by atoms with Gasteiger partial charge in [-0.05, 0) is 115 Å². The second-order valence-corrected chi connectivity index (χ2v) is 15.5. The Kier molecular flexibility index (Phi) is 14.1. The summed E-state index contributed by atoms with van der Waals surface area (Å²) in [6, 6.07) is 72.1. The lowest BCUT2D eigenvalue weighted by Crippen LogP contribution is -2.10. The molecule has 0 fully saturated rings. The summed E-state index contributed by atoms with van der Waals surface area (Å²) in [6.45, 7) is 11.3. The van der Waals surface area contributed by atoms with Crippen molar-refractivity contribution in [2.75, 3.05) is 26.4 Å². The number of fused-ring (bicyclic) bond motifs is 4. The lowest BCUT2D eigenvalue weighted by molar-refractivity contribution is 0.104. The van der Waals surface area contributed by atoms with Gasteiger partial charge in [0.15, 0.2) is 5.78 Å². The van der Waals surface area contributed by atoms with Crippen molar-refractivity contribution in [3.8, 4) is 44.5 Å². The van der Waals surface area contributed by atoms with E-state index in [1.165, 1.54) is 0 Å². The number of hydrogen-bond acceptors (Lipinski definition) is 3. The van der Waals surface area contributed by atoms with Crippen LogP contribution < -0.4 is 0 Å². The van der Waals surface area contributed by atoms with Crippen LogP contribution in [0.5, 0.6) is 0 Å². The van der Waals surface area contributed by atoms with Crippen LogP contribution in [0.3, 0.4) is 0 Å². The maximum Gasteiger partial charge on any atom is 0.195 e. The molecule has 3 nitrogen and oxygen atoms in total. The zero-order valence-electron chi connectivity index (χ0n) is 37.2. The normalized spacial score (nSPS) is 10.9. The van der Waals surface area contributed by atoms with Crippen molar-refractivity contribution < 1.29 is 14.3 Å². The van der Waals surface area contributed by atoms with Gasteiger partial charge in [-0.1, -0.05) is 206 Å². The van der Waals surface area contributed by atoms with Gasteiger partial charge in [-0.25, -0.2) is 0 Å². The second kappa shape index (κ2) is 20.8. The Hall–Kier alpha value is -7.17. The molecule has 0 bridgehead atoms. The monoisotopic (exact) mass is 834 g/mol. The summed E-state index contributed by atoms with van der Waals surface area (Å²) in [7, 11) is 0. The smallest absolute Gasteiger partial charge is 0.195 e. The fraction of sp³-hybridized carbons (Fsp3) is 0.131. The van der Waals surface area contributed by atoms with Gasteiger partial charge in [-0.15, -0.1) is 0 Å². The molecule has 3 heteroatoms. The van der Waals surface area contributed by atoms with Gasteiger partial charge in [-0.2, -0.15) is 0 Å². The van der Waals surface area contributed by atoms with Crippen molar-refractivity contribution in [3.05, 3.63) is 217 Å². The first kappa shape index (κ1) is 43.5. The quantitative estimate of drug-likeness (QED) is 0.129. The largest absolute Gasteiger partial charge is 0.382 e. The van der Waals surface area contributed by atoms with Gasteiger partial charge in [0.05, 0.1) is 0 Å². The number of rotatable bonds is 10. The minimum absolute atomic E-state index is 0.00654. The van der Waals surface area contributed by atoms with Gasteiger partial charge in [0.2, 0.25) is 0 Å². The summed E-state index contributed by atoms with van der Waals surface area (Å²) in [4.78, 5) is 16.4. The molecule has 0 saturated heterocycles. The van der Waals surface area contributed by atoms with Crippen molar-refractivity contribution in [2.24, 2.45) is 0 Å². The van der Waals surface area contributed by atoms with Gasteiger partial charge >= 0.3 is 0 Å². The van der Waals surface area contributed by atoms with E-state index in [4.69, 9.17) is 9.47 Å². The van der Waals surface area contributed by atoms with Crippen molar-refractivity contribution in [2.45, 2.75) is 27.7 Å². The maximum absolute atomic E-state index is 16.4. The number of carbonyl (C=O) groups is 1. The van der Waals surface area contributed by atoms with Crippen molar-refractivity contribution >= 4 is 48.9 Å². The molecule has 0 amide bonds. The molecule has 0 saturated carbocycles. The van der Waals surface area contributed by atoms with Crippen LogP contribution in [-0.2, 0) is 9.47 Å². The molecule has 0 aliphatic heterocycles. The highest BCUT2D eigenvalue weighted by molar-refractivity contribution is 6.25. The van der Waals surface area contributed by atoms with E-state index in [1.807, 2.05) is 27.7 Å². The first-order valence-corrected chi connectivity index (χ1v) is 22.5. The molecule has 0 atom stereocenters. The van der Waals surface area contributed by atoms with E-state index >= 15 is 4.79 Å². The Balaban J connectivity index is 0.000000508. The average Bonchev–Trinajstić information content (AvgIpc) is 3.36. The molecule has 0 spiro atoms. The summed E-state index contributed by atoms with van der Waals surface area (Å²) in [5, 5.41) is 8.99. The number of ketones is 1. The Morgan fingerprint density at radius 3 is 0.719 bits per heavy atom. The van der Waals surface area contributed by atoms with Gasteiger partial charge in [0.25, 0.3) is 0 Å². The Morgan fingerprint density at radius 1 is 0.281 bits per heavy atom. The standard InChI is InChI=1S/C53H34O.2C4H10O/c54-53(51-47(43-27-9-19-35-15-1-5-23-39(35)43)31-13-32-48(51)44-28-10-20-36-16-2-6-24-40(36)44)52-49(45-29-11-21-37-17-3-7-25-41(37)45)33-14-34-50(52)46-30-12-22-38-18-4-8-26-42(38)46;2*1-3-5-4-2/h1-34H;2*3-4H2,1-2H3. The van der Waals surface area contributed by atoms with Gasteiger partial charge in [0, 0.05) is 37.6 Å². The molecule has 0 aromatic heterocycles. The lowest BCUT2D eigenvalue weighted by Gasteiger charge is -2.21. The van der Waals surface area contributed by atoms with Crippen LogP contribution in [0, 0.1) is 0 Å². The van der Waals surface area contributed by atoms with Gasteiger partial charge in [-0.3, -0.25) is 4.79 Å². The van der Waals surface area contributed by atoms with E-state index in [1.54, 1.807) is 0 Å². The molecular formula is C61H54O3. The Labute approximate surface area is 377 Å². The first-order chi connectivity index (χ1) is 31.6. The van der Waals surface area contributed by atoms with Crippen molar-refractivity contribution in [3.63, 3.8) is 0 Å². The van der Waals surface area contributed by atoms with Crippen molar-refractivity contribution in [1.29, 1.82) is 0 Å². The maximum atomic E-state index is 16.4. The Bertz CT molecular complexity index is 2760. The van der Waals surface area contributed by atoms with Crippen LogP contribution in [0.1, 0.15) is 43.6 Å². The fourth-order valence-corrected chi connectivity index (χ4v) is 8.87. The molecular weight excluding hydrogens is 781 g/mol. The van der Waals surface area contributed by atoms with Crippen LogP contribution in [0.4, 0.5) is 0 Å². The summed E-state index contributed by atoms with van der Waals surface area (Å²) in [5.41, 5.74) is 9.19. The third-order valence-corrected chi connectivity index (χ3v) is 11.7. The molecule has 10 aromatic carbocycles. The van der Waals surface area contributed by atoms with Crippen LogP contribution in [-0.4, -0.2) is 32.2 Å². The summed E-state index contributed by atoms with van der Waals surface area (Å²) in [5.74, 6) is -0.00654. The van der Waals surface area contributed by atoms with Crippen molar-refractivity contribution in [1.82, 2.24) is 0 Å². The molecule has 10 aromatic rings. The molecule has 316 valence electrons. The minimum atomic E-state index is -0.00654. The predicted octanol–water partition coefficient (Wildman–Crippen LogP) is 16.3. The van der Waals surface area contributed by atoms with E-state index in [-0.39, 0.29) is 5.78 Å². The zero-order chi connectivity index (χ0) is 44.3. The number of benzene rings is 10. The van der Waals surface area contributed by atoms with E-state index in [0.717, 1.165) is 114 Å². The summed E-state index contributed by atoms with van der Waals surface area (Å²) < 4.78 is 9.67. The molecule has 0 heterocycles. The minimum Gasteiger partial charge on any atom is -0.382 e. The number of hydrogen-bond donors (Lipinski definition) is 0. The highest BCUT2D eigenvalue weighted by Gasteiger charge is 2.28. The third kappa shape index (κ3) is 9.00. The fourth-order valence-electron chi connectivity index (χ4n) is 8.87. The molecule has 0 unspecified atom stereocenters. The average molecular weight is 835 g/mol. The summed E-state index contributed by atoms with van der Waals surface area (Å²) in [6.07, 6.45) is 0. The van der Waals surface area contributed by atoms with Crippen LogP contribution in [0.15, 0.2) is 206 Å².